The predicted octanol–water partition coefficient (Wildman–Crippen LogP) is 2.75. The van der Waals surface area contributed by atoms with E-state index in [0.717, 1.165) is 17.7 Å². The summed E-state index contributed by atoms with van der Waals surface area (Å²) in [5, 5.41) is 2.00. The van der Waals surface area contributed by atoms with Crippen molar-refractivity contribution < 1.29 is 0 Å². The molecule has 0 saturated heterocycles. The third kappa shape index (κ3) is 2.25. The van der Waals surface area contributed by atoms with Crippen LogP contribution in [-0.4, -0.2) is 4.98 Å². The Morgan fingerprint density at radius 2 is 2.33 bits per heavy atom. The van der Waals surface area contributed by atoms with E-state index >= 15 is 0 Å². The second kappa shape index (κ2) is 4.55. The van der Waals surface area contributed by atoms with Crippen LogP contribution in [-0.2, 0) is 6.42 Å². The Labute approximate surface area is 93.8 Å². The summed E-state index contributed by atoms with van der Waals surface area (Å²) in [6, 6.07) is 8.30. The molecule has 15 heavy (non-hydrogen) atoms. The Balaban J connectivity index is 2.29. The molecule has 1 unspecified atom stereocenters. The fourth-order valence-corrected chi connectivity index (χ4v) is 2.14. The van der Waals surface area contributed by atoms with Crippen LogP contribution in [0, 0.1) is 0 Å². The Hall–Kier alpha value is -1.19. The molecular weight excluding hydrogens is 204 g/mol. The van der Waals surface area contributed by atoms with Crippen LogP contribution in [0.4, 0.5) is 0 Å². The summed E-state index contributed by atoms with van der Waals surface area (Å²) >= 11 is 1.58. The molecule has 0 aliphatic heterocycles. The summed E-state index contributed by atoms with van der Waals surface area (Å²) in [7, 11) is 0. The zero-order chi connectivity index (χ0) is 10.7. The zero-order valence-corrected chi connectivity index (χ0v) is 9.50. The van der Waals surface area contributed by atoms with Crippen LogP contribution in [0.3, 0.4) is 0 Å². The highest BCUT2D eigenvalue weighted by atomic mass is 32.1. The van der Waals surface area contributed by atoms with Crippen molar-refractivity contribution in [3.8, 4) is 0 Å². The molecule has 2 aromatic rings. The van der Waals surface area contributed by atoms with Crippen LogP contribution >= 0.6 is 11.3 Å². The second-order valence-corrected chi connectivity index (χ2v) is 4.21. The maximum Gasteiger partial charge on any atom is 0.0795 e. The fourth-order valence-electron chi connectivity index (χ4n) is 1.55. The number of aryl methyl sites for hydroxylation is 1. The molecular formula is C12H14N2S. The lowest BCUT2D eigenvalue weighted by atomic mass is 10.0. The van der Waals surface area contributed by atoms with Gasteiger partial charge in [0.05, 0.1) is 17.2 Å². The maximum absolute atomic E-state index is 6.13. The number of nitrogens with zero attached hydrogens (tertiary/aromatic N) is 1. The van der Waals surface area contributed by atoms with Gasteiger partial charge in [-0.05, 0) is 17.5 Å². The van der Waals surface area contributed by atoms with Crippen molar-refractivity contribution in [3.63, 3.8) is 0 Å². The molecule has 0 aliphatic carbocycles. The van der Waals surface area contributed by atoms with E-state index in [-0.39, 0.29) is 6.04 Å². The molecule has 1 aromatic carbocycles. The molecule has 0 aliphatic rings. The summed E-state index contributed by atoms with van der Waals surface area (Å²) in [6.45, 7) is 2.15. The molecule has 0 radical (unpaired) electrons. The lowest BCUT2D eigenvalue weighted by Gasteiger charge is -2.10. The summed E-state index contributed by atoms with van der Waals surface area (Å²) < 4.78 is 0. The summed E-state index contributed by atoms with van der Waals surface area (Å²) in [4.78, 5) is 4.24. The van der Waals surface area contributed by atoms with E-state index in [4.69, 9.17) is 5.73 Å². The maximum atomic E-state index is 6.13. The minimum absolute atomic E-state index is 0.0947. The SMILES string of the molecule is CCc1cccc(C(N)c2cscn2)c1. The first-order chi connectivity index (χ1) is 7.31. The summed E-state index contributed by atoms with van der Waals surface area (Å²) in [5.41, 5.74) is 11.4. The first kappa shape index (κ1) is 10.3. The first-order valence-electron chi connectivity index (χ1n) is 5.03. The van der Waals surface area contributed by atoms with Crippen LogP contribution in [0.1, 0.15) is 29.8 Å². The monoisotopic (exact) mass is 218 g/mol. The highest BCUT2D eigenvalue weighted by Gasteiger charge is 2.10. The summed E-state index contributed by atoms with van der Waals surface area (Å²) in [6.07, 6.45) is 1.04. The molecule has 3 heteroatoms. The van der Waals surface area contributed by atoms with Crippen LogP contribution in [0.15, 0.2) is 35.2 Å². The summed E-state index contributed by atoms with van der Waals surface area (Å²) in [5.74, 6) is 0. The van der Waals surface area contributed by atoms with E-state index in [1.807, 2.05) is 10.9 Å². The number of aromatic nitrogens is 1. The average molecular weight is 218 g/mol. The zero-order valence-electron chi connectivity index (χ0n) is 8.68. The number of benzene rings is 1. The van der Waals surface area contributed by atoms with Crippen LogP contribution in [0.25, 0.3) is 0 Å². The molecule has 0 amide bonds. The number of hydrogen-bond donors (Lipinski definition) is 1. The van der Waals surface area contributed by atoms with E-state index < -0.39 is 0 Å². The van der Waals surface area contributed by atoms with Crippen LogP contribution in [0.5, 0.6) is 0 Å². The van der Waals surface area contributed by atoms with Crippen molar-refractivity contribution in [1.82, 2.24) is 4.98 Å². The van der Waals surface area contributed by atoms with E-state index in [0.29, 0.717) is 0 Å². The van der Waals surface area contributed by atoms with Crippen molar-refractivity contribution in [2.75, 3.05) is 0 Å². The predicted molar refractivity (Wildman–Crippen MR) is 64.0 cm³/mol. The van der Waals surface area contributed by atoms with Crippen molar-refractivity contribution in [2.45, 2.75) is 19.4 Å². The van der Waals surface area contributed by atoms with E-state index in [1.54, 1.807) is 11.3 Å². The number of nitrogens with two attached hydrogens (primary N) is 1. The third-order valence-electron chi connectivity index (χ3n) is 2.49. The standard InChI is InChI=1S/C12H14N2S/c1-2-9-4-3-5-10(6-9)12(13)11-7-15-8-14-11/h3-8,12H,2,13H2,1H3. The molecule has 0 fully saturated rings. The van der Waals surface area contributed by atoms with Gasteiger partial charge in [-0.1, -0.05) is 31.2 Å². The van der Waals surface area contributed by atoms with Gasteiger partial charge in [0.25, 0.3) is 0 Å². The van der Waals surface area contributed by atoms with Crippen molar-refractivity contribution >= 4 is 11.3 Å². The molecule has 1 aromatic heterocycles. The molecule has 0 saturated carbocycles. The first-order valence-corrected chi connectivity index (χ1v) is 5.98. The molecule has 1 heterocycles. The lowest BCUT2D eigenvalue weighted by molar-refractivity contribution is 0.836. The van der Waals surface area contributed by atoms with E-state index in [2.05, 4.69) is 36.2 Å². The quantitative estimate of drug-likeness (QED) is 0.860. The second-order valence-electron chi connectivity index (χ2n) is 3.49. The number of hydrogen-bond acceptors (Lipinski definition) is 3. The van der Waals surface area contributed by atoms with Gasteiger partial charge in [0, 0.05) is 5.38 Å². The fraction of sp³-hybridized carbons (Fsp3) is 0.250. The lowest BCUT2D eigenvalue weighted by Crippen LogP contribution is -2.12. The van der Waals surface area contributed by atoms with Gasteiger partial charge in [-0.2, -0.15) is 0 Å². The number of rotatable bonds is 3. The molecule has 2 N–H and O–H groups in total. The molecule has 1 atom stereocenters. The third-order valence-corrected chi connectivity index (χ3v) is 3.09. The van der Waals surface area contributed by atoms with Gasteiger partial charge in [-0.15, -0.1) is 11.3 Å². The Morgan fingerprint density at radius 1 is 1.47 bits per heavy atom. The number of thiazole rings is 1. The minimum Gasteiger partial charge on any atom is -0.319 e. The smallest absolute Gasteiger partial charge is 0.0795 e. The van der Waals surface area contributed by atoms with E-state index in [1.165, 1.54) is 5.56 Å². The highest BCUT2D eigenvalue weighted by molar-refractivity contribution is 7.07. The van der Waals surface area contributed by atoms with Gasteiger partial charge in [0.2, 0.25) is 0 Å². The Kier molecular flexibility index (Phi) is 3.14. The molecule has 2 rings (SSSR count). The molecule has 0 bridgehead atoms. The normalized spacial score (nSPS) is 12.7. The molecule has 0 spiro atoms. The molecule has 2 nitrogen and oxygen atoms in total. The van der Waals surface area contributed by atoms with Crippen LogP contribution < -0.4 is 5.73 Å². The van der Waals surface area contributed by atoms with E-state index in [9.17, 15) is 0 Å². The van der Waals surface area contributed by atoms with Gasteiger partial charge >= 0.3 is 0 Å². The largest absolute Gasteiger partial charge is 0.319 e. The highest BCUT2D eigenvalue weighted by Crippen LogP contribution is 2.20. The Bertz CT molecular complexity index is 423. The van der Waals surface area contributed by atoms with Gasteiger partial charge in [-0.3, -0.25) is 0 Å². The van der Waals surface area contributed by atoms with Crippen molar-refractivity contribution in [1.29, 1.82) is 0 Å². The Morgan fingerprint density at radius 3 is 3.00 bits per heavy atom. The van der Waals surface area contributed by atoms with Gasteiger partial charge in [-0.25, -0.2) is 4.98 Å². The molecule has 78 valence electrons. The van der Waals surface area contributed by atoms with Crippen molar-refractivity contribution in [3.05, 3.63) is 52.0 Å². The average Bonchev–Trinajstić information content (AvgIpc) is 2.81. The minimum atomic E-state index is -0.0947. The van der Waals surface area contributed by atoms with Crippen molar-refractivity contribution in [2.24, 2.45) is 5.73 Å². The van der Waals surface area contributed by atoms with Gasteiger partial charge < -0.3 is 5.73 Å². The van der Waals surface area contributed by atoms with Crippen LogP contribution in [0.2, 0.25) is 0 Å². The topological polar surface area (TPSA) is 38.9 Å². The van der Waals surface area contributed by atoms with Gasteiger partial charge in [0.1, 0.15) is 0 Å². The van der Waals surface area contributed by atoms with Gasteiger partial charge in [0.15, 0.2) is 0 Å².